The van der Waals surface area contributed by atoms with Crippen LogP contribution in [0.4, 0.5) is 0 Å². The van der Waals surface area contributed by atoms with Crippen LogP contribution in [0.5, 0.6) is 0 Å². The minimum absolute atomic E-state index is 0.704. The van der Waals surface area contributed by atoms with E-state index in [1.807, 2.05) is 55.5 Å². The lowest BCUT2D eigenvalue weighted by atomic mass is 10.1. The van der Waals surface area contributed by atoms with Crippen molar-refractivity contribution in [1.29, 1.82) is 5.26 Å². The lowest BCUT2D eigenvalue weighted by molar-refractivity contribution is 0.434. The van der Waals surface area contributed by atoms with E-state index >= 15 is 0 Å². The van der Waals surface area contributed by atoms with E-state index in [-0.39, 0.29) is 0 Å². The van der Waals surface area contributed by atoms with Gasteiger partial charge in [0.15, 0.2) is 0 Å². The number of nitriles is 1. The summed E-state index contributed by atoms with van der Waals surface area (Å²) in [4.78, 5) is 5.57. The Kier molecular flexibility index (Phi) is 5.90. The maximum Gasteiger partial charge on any atom is 0.113 e. The van der Waals surface area contributed by atoms with Crippen molar-refractivity contribution in [1.82, 2.24) is 9.29 Å². The number of hydrogen-bond acceptors (Lipinski definition) is 4. The van der Waals surface area contributed by atoms with Crippen molar-refractivity contribution >= 4 is 11.9 Å². The Morgan fingerprint density at radius 1 is 1.12 bits per heavy atom. The normalized spacial score (nSPS) is 14.3. The highest BCUT2D eigenvalue weighted by Gasteiger charge is 2.14. The zero-order chi connectivity index (χ0) is 17.5. The van der Waals surface area contributed by atoms with Crippen LogP contribution in [-0.2, 0) is 0 Å². The van der Waals surface area contributed by atoms with E-state index in [0.29, 0.717) is 5.56 Å². The molecule has 1 aliphatic rings. The molecule has 0 atom stereocenters. The van der Waals surface area contributed by atoms with Crippen molar-refractivity contribution in [3.05, 3.63) is 71.1 Å². The quantitative estimate of drug-likeness (QED) is 0.599. The highest BCUT2D eigenvalue weighted by atomic mass is 32.2. The summed E-state index contributed by atoms with van der Waals surface area (Å²) in [5.41, 5.74) is 3.92. The summed E-state index contributed by atoms with van der Waals surface area (Å²) in [6.07, 6.45) is 4.13. The monoisotopic (exact) mass is 345 g/mol. The Morgan fingerprint density at radius 3 is 2.56 bits per heavy atom. The summed E-state index contributed by atoms with van der Waals surface area (Å²) < 4.78 is 2.37. The van der Waals surface area contributed by atoms with Gasteiger partial charge in [0.25, 0.3) is 0 Å². The van der Waals surface area contributed by atoms with Crippen LogP contribution in [0.25, 0.3) is 0 Å². The van der Waals surface area contributed by atoms with E-state index in [1.165, 1.54) is 10.5 Å². The zero-order valence-corrected chi connectivity index (χ0v) is 15.0. The Bertz CT molecular complexity index is 856. The van der Waals surface area contributed by atoms with Crippen LogP contribution in [-0.4, -0.2) is 22.4 Å². The molecule has 4 heteroatoms. The number of rotatable bonds is 2. The molecule has 3 rings (SSSR count). The third-order valence-corrected chi connectivity index (χ3v) is 5.05. The van der Waals surface area contributed by atoms with Crippen LogP contribution in [0.1, 0.15) is 29.8 Å². The topological polar surface area (TPSA) is 39.9 Å². The molecule has 124 valence electrons. The van der Waals surface area contributed by atoms with Crippen LogP contribution in [0.15, 0.2) is 59.0 Å². The highest BCUT2D eigenvalue weighted by molar-refractivity contribution is 7.97. The SMILES string of the molecule is Cc1cccc(C#CC=C2CCN(Sc3ccc(C#N)cc3)CC2)n1. The molecule has 1 saturated heterocycles. The largest absolute Gasteiger partial charge is 0.246 e. The van der Waals surface area contributed by atoms with Crippen LogP contribution in [0.2, 0.25) is 0 Å². The number of allylic oxidation sites excluding steroid dienone is 1. The summed E-state index contributed by atoms with van der Waals surface area (Å²) in [6.45, 7) is 4.01. The van der Waals surface area contributed by atoms with Gasteiger partial charge in [0.05, 0.1) is 11.6 Å². The number of aromatic nitrogens is 1. The number of nitrogens with zero attached hydrogens (tertiary/aromatic N) is 3. The van der Waals surface area contributed by atoms with Crippen LogP contribution in [0.3, 0.4) is 0 Å². The van der Waals surface area contributed by atoms with Gasteiger partial charge in [-0.2, -0.15) is 5.26 Å². The van der Waals surface area contributed by atoms with Gasteiger partial charge in [0, 0.05) is 23.7 Å². The molecule has 25 heavy (non-hydrogen) atoms. The zero-order valence-electron chi connectivity index (χ0n) is 14.2. The van der Waals surface area contributed by atoms with Gasteiger partial charge in [-0.15, -0.1) is 0 Å². The maximum atomic E-state index is 8.85. The number of benzene rings is 1. The third-order valence-electron chi connectivity index (χ3n) is 3.95. The summed E-state index contributed by atoms with van der Waals surface area (Å²) >= 11 is 1.76. The second-order valence-corrected chi connectivity index (χ2v) is 7.06. The molecule has 0 radical (unpaired) electrons. The summed E-state index contributed by atoms with van der Waals surface area (Å²) in [7, 11) is 0. The second kappa shape index (κ2) is 8.53. The Balaban J connectivity index is 1.52. The first-order valence-electron chi connectivity index (χ1n) is 8.29. The number of pyridine rings is 1. The number of piperidine rings is 1. The fourth-order valence-corrected chi connectivity index (χ4v) is 3.49. The van der Waals surface area contributed by atoms with Gasteiger partial charge in [0.2, 0.25) is 0 Å². The Hall–Kier alpha value is -2.53. The van der Waals surface area contributed by atoms with Crippen molar-refractivity contribution in [2.24, 2.45) is 0 Å². The van der Waals surface area contributed by atoms with Gasteiger partial charge in [-0.05, 0) is 80.1 Å². The first-order chi connectivity index (χ1) is 12.2. The molecular weight excluding hydrogens is 326 g/mol. The van der Waals surface area contributed by atoms with Crippen molar-refractivity contribution in [3.63, 3.8) is 0 Å². The molecule has 0 amide bonds. The Morgan fingerprint density at radius 2 is 1.88 bits per heavy atom. The van der Waals surface area contributed by atoms with Gasteiger partial charge in [-0.1, -0.05) is 17.6 Å². The molecular formula is C21H19N3S. The average Bonchev–Trinajstić information content (AvgIpc) is 2.64. The molecule has 3 nitrogen and oxygen atoms in total. The third kappa shape index (κ3) is 5.22. The Labute approximate surface area is 153 Å². The molecule has 0 N–H and O–H groups in total. The highest BCUT2D eigenvalue weighted by Crippen LogP contribution is 2.28. The average molecular weight is 345 g/mol. The molecule has 0 saturated carbocycles. The minimum Gasteiger partial charge on any atom is -0.246 e. The minimum atomic E-state index is 0.704. The van der Waals surface area contributed by atoms with Gasteiger partial charge in [0.1, 0.15) is 5.69 Å². The van der Waals surface area contributed by atoms with Gasteiger partial charge in [-0.3, -0.25) is 0 Å². The number of aryl methyl sites for hydroxylation is 1. The first-order valence-corrected chi connectivity index (χ1v) is 9.06. The molecule has 1 aliphatic heterocycles. The molecule has 0 aliphatic carbocycles. The van der Waals surface area contributed by atoms with Crippen molar-refractivity contribution in [2.45, 2.75) is 24.7 Å². The molecule has 0 unspecified atom stereocenters. The predicted octanol–water partition coefficient (Wildman–Crippen LogP) is 4.34. The van der Waals surface area contributed by atoms with Gasteiger partial charge >= 0.3 is 0 Å². The van der Waals surface area contributed by atoms with Crippen molar-refractivity contribution in [2.75, 3.05) is 13.1 Å². The molecule has 1 aromatic carbocycles. The summed E-state index contributed by atoms with van der Waals surface area (Å²) in [6, 6.07) is 15.8. The summed E-state index contributed by atoms with van der Waals surface area (Å²) in [5.74, 6) is 6.26. The fraction of sp³-hybridized carbons (Fsp3) is 0.238. The van der Waals surface area contributed by atoms with E-state index in [1.54, 1.807) is 11.9 Å². The van der Waals surface area contributed by atoms with E-state index in [9.17, 15) is 0 Å². The van der Waals surface area contributed by atoms with Crippen LogP contribution < -0.4 is 0 Å². The van der Waals surface area contributed by atoms with E-state index < -0.39 is 0 Å². The van der Waals surface area contributed by atoms with Gasteiger partial charge in [-0.25, -0.2) is 9.29 Å². The number of hydrogen-bond donors (Lipinski definition) is 0. The molecule has 0 spiro atoms. The van der Waals surface area contributed by atoms with Crippen molar-refractivity contribution in [3.8, 4) is 17.9 Å². The smallest absolute Gasteiger partial charge is 0.113 e. The maximum absolute atomic E-state index is 8.85. The first kappa shape index (κ1) is 17.3. The van der Waals surface area contributed by atoms with Crippen molar-refractivity contribution < 1.29 is 0 Å². The molecule has 1 fully saturated rings. The van der Waals surface area contributed by atoms with E-state index in [2.05, 4.69) is 27.2 Å². The fourth-order valence-electron chi connectivity index (χ4n) is 2.57. The lowest BCUT2D eigenvalue weighted by Crippen LogP contribution is -2.24. The van der Waals surface area contributed by atoms with E-state index in [0.717, 1.165) is 37.3 Å². The predicted molar refractivity (Wildman–Crippen MR) is 102 cm³/mol. The molecule has 2 heterocycles. The standard InChI is InChI=1S/C21H19N3S/c1-17-4-2-6-20(23-17)7-3-5-18-12-14-24(15-13-18)25-21-10-8-19(16-22)9-11-21/h2,4-6,8-11H,12-15H2,1H3. The van der Waals surface area contributed by atoms with Gasteiger partial charge < -0.3 is 0 Å². The molecule has 0 bridgehead atoms. The molecule has 2 aromatic rings. The lowest BCUT2D eigenvalue weighted by Gasteiger charge is -2.26. The van der Waals surface area contributed by atoms with Crippen LogP contribution >= 0.6 is 11.9 Å². The molecule has 1 aromatic heterocycles. The second-order valence-electron chi connectivity index (χ2n) is 5.89. The summed E-state index contributed by atoms with van der Waals surface area (Å²) in [5, 5.41) is 8.85. The van der Waals surface area contributed by atoms with E-state index in [4.69, 9.17) is 5.26 Å². The van der Waals surface area contributed by atoms with Crippen LogP contribution in [0, 0.1) is 30.1 Å².